The van der Waals surface area contributed by atoms with Gasteiger partial charge >= 0.3 is 12.1 Å². The number of hydrogen-bond acceptors (Lipinski definition) is 3. The summed E-state index contributed by atoms with van der Waals surface area (Å²) in [5.41, 5.74) is -1.00. The molecule has 1 saturated heterocycles. The fraction of sp³-hybridized carbons (Fsp3) is 0.778. The van der Waals surface area contributed by atoms with E-state index in [0.717, 1.165) is 12.8 Å². The minimum absolute atomic E-state index is 0.404. The Kier molecular flexibility index (Phi) is 2.98. The maximum atomic E-state index is 11.5. The van der Waals surface area contributed by atoms with Gasteiger partial charge in [0.1, 0.15) is 5.54 Å². The van der Waals surface area contributed by atoms with Gasteiger partial charge < -0.3 is 9.84 Å². The summed E-state index contributed by atoms with van der Waals surface area (Å²) in [7, 11) is 1.28. The van der Waals surface area contributed by atoms with Crippen LogP contribution in [-0.4, -0.2) is 41.3 Å². The topological polar surface area (TPSA) is 66.8 Å². The molecule has 0 radical (unpaired) electrons. The van der Waals surface area contributed by atoms with Crippen LogP contribution < -0.4 is 0 Å². The average Bonchev–Trinajstić information content (AvgIpc) is 2.16. The molecule has 1 unspecified atom stereocenters. The van der Waals surface area contributed by atoms with Crippen molar-refractivity contribution in [1.82, 2.24) is 4.90 Å². The zero-order valence-corrected chi connectivity index (χ0v) is 8.45. The maximum absolute atomic E-state index is 11.5. The van der Waals surface area contributed by atoms with Crippen molar-refractivity contribution in [3.63, 3.8) is 0 Å². The predicted octanol–water partition coefficient (Wildman–Crippen LogP) is 1.08. The van der Waals surface area contributed by atoms with Crippen molar-refractivity contribution in [3.05, 3.63) is 0 Å². The fourth-order valence-electron chi connectivity index (χ4n) is 1.86. The van der Waals surface area contributed by atoms with Crippen LogP contribution in [0.4, 0.5) is 4.79 Å². The third-order valence-electron chi connectivity index (χ3n) is 2.75. The summed E-state index contributed by atoms with van der Waals surface area (Å²) < 4.78 is 4.63. The summed E-state index contributed by atoms with van der Waals surface area (Å²) in [6.45, 7) is 2.02. The van der Waals surface area contributed by atoms with E-state index >= 15 is 0 Å². The maximum Gasteiger partial charge on any atom is 0.408 e. The summed E-state index contributed by atoms with van der Waals surface area (Å²) in [5, 5.41) is 8.94. The summed E-state index contributed by atoms with van der Waals surface area (Å²) in [6, 6.07) is 0. The van der Waals surface area contributed by atoms with E-state index < -0.39 is 17.6 Å². The Morgan fingerprint density at radius 2 is 2.07 bits per heavy atom. The monoisotopic (exact) mass is 201 g/mol. The largest absolute Gasteiger partial charge is 0.467 e. The first-order valence-electron chi connectivity index (χ1n) is 4.61. The Labute approximate surface area is 82.6 Å². The molecule has 5 nitrogen and oxygen atoms in total. The molecule has 0 aromatic heterocycles. The predicted molar refractivity (Wildman–Crippen MR) is 49.0 cm³/mol. The first-order valence-corrected chi connectivity index (χ1v) is 4.61. The molecular formula is C9H15NO4. The van der Waals surface area contributed by atoms with E-state index in [9.17, 15) is 9.59 Å². The summed E-state index contributed by atoms with van der Waals surface area (Å²) in [5.74, 6) is -0.473. The Balaban J connectivity index is 2.90. The molecule has 1 heterocycles. The van der Waals surface area contributed by atoms with Crippen LogP contribution in [0, 0.1) is 0 Å². The van der Waals surface area contributed by atoms with Gasteiger partial charge in [0, 0.05) is 6.54 Å². The molecule has 1 rings (SSSR count). The Morgan fingerprint density at radius 1 is 1.43 bits per heavy atom. The van der Waals surface area contributed by atoms with Gasteiger partial charge in [-0.15, -0.1) is 0 Å². The molecule has 0 spiro atoms. The lowest BCUT2D eigenvalue weighted by Gasteiger charge is -2.40. The lowest BCUT2D eigenvalue weighted by atomic mass is 9.89. The smallest absolute Gasteiger partial charge is 0.408 e. The summed E-state index contributed by atoms with van der Waals surface area (Å²) >= 11 is 0. The standard InChI is InChI=1S/C9H15NO4/c1-9(7(11)14-2)5-3-4-6-10(9)8(12)13/h3-6H2,1-2H3,(H,12,13). The minimum atomic E-state index is -1.06. The van der Waals surface area contributed by atoms with Gasteiger partial charge in [-0.05, 0) is 26.2 Å². The molecule has 0 aliphatic carbocycles. The number of ether oxygens (including phenoxy) is 1. The Bertz CT molecular complexity index is 253. The Hall–Kier alpha value is -1.26. The number of nitrogens with zero attached hydrogens (tertiary/aromatic N) is 1. The normalized spacial score (nSPS) is 27.1. The molecule has 1 fully saturated rings. The van der Waals surface area contributed by atoms with E-state index in [1.165, 1.54) is 12.0 Å². The van der Waals surface area contributed by atoms with E-state index in [2.05, 4.69) is 4.74 Å². The van der Waals surface area contributed by atoms with Crippen LogP contribution in [0.3, 0.4) is 0 Å². The van der Waals surface area contributed by atoms with Gasteiger partial charge in [0.15, 0.2) is 0 Å². The second-order valence-electron chi connectivity index (χ2n) is 3.66. The van der Waals surface area contributed by atoms with Crippen molar-refractivity contribution in [2.24, 2.45) is 0 Å². The zero-order valence-electron chi connectivity index (χ0n) is 8.45. The molecule has 1 N–H and O–H groups in total. The van der Waals surface area contributed by atoms with Crippen LogP contribution in [0.1, 0.15) is 26.2 Å². The molecule has 0 saturated carbocycles. The molecule has 1 aliphatic rings. The highest BCUT2D eigenvalue weighted by Crippen LogP contribution is 2.28. The lowest BCUT2D eigenvalue weighted by molar-refractivity contribution is -0.155. The Morgan fingerprint density at radius 3 is 2.57 bits per heavy atom. The zero-order chi connectivity index (χ0) is 10.8. The van der Waals surface area contributed by atoms with E-state index in [1.807, 2.05) is 0 Å². The molecule has 0 aromatic carbocycles. The second-order valence-corrected chi connectivity index (χ2v) is 3.66. The molecule has 0 aromatic rings. The minimum Gasteiger partial charge on any atom is -0.467 e. The highest BCUT2D eigenvalue weighted by molar-refractivity contribution is 5.85. The number of carboxylic acid groups (broad SMARTS) is 1. The van der Waals surface area contributed by atoms with Crippen LogP contribution in [0.5, 0.6) is 0 Å². The van der Waals surface area contributed by atoms with Crippen LogP contribution in [0.2, 0.25) is 0 Å². The highest BCUT2D eigenvalue weighted by atomic mass is 16.5. The number of esters is 1. The molecule has 1 aliphatic heterocycles. The third-order valence-corrected chi connectivity index (χ3v) is 2.75. The molecule has 5 heteroatoms. The van der Waals surface area contributed by atoms with E-state index in [1.54, 1.807) is 6.92 Å². The molecule has 1 atom stereocenters. The highest BCUT2D eigenvalue weighted by Gasteiger charge is 2.44. The fourth-order valence-corrected chi connectivity index (χ4v) is 1.86. The number of carbonyl (C=O) groups is 2. The van der Waals surface area contributed by atoms with Gasteiger partial charge in [-0.25, -0.2) is 9.59 Å². The van der Waals surface area contributed by atoms with Crippen molar-refractivity contribution in [3.8, 4) is 0 Å². The SMILES string of the molecule is COC(=O)C1(C)CCCCN1C(=O)O. The molecule has 0 bridgehead atoms. The van der Waals surface area contributed by atoms with Gasteiger partial charge in [0.25, 0.3) is 0 Å². The van der Waals surface area contributed by atoms with Gasteiger partial charge in [-0.3, -0.25) is 4.90 Å². The molecule has 1 amide bonds. The first kappa shape index (κ1) is 10.8. The summed E-state index contributed by atoms with van der Waals surface area (Å²) in [4.78, 5) is 23.6. The number of likely N-dealkylation sites (tertiary alicyclic amines) is 1. The van der Waals surface area contributed by atoms with Crippen LogP contribution in [-0.2, 0) is 9.53 Å². The van der Waals surface area contributed by atoms with Crippen molar-refractivity contribution in [2.75, 3.05) is 13.7 Å². The van der Waals surface area contributed by atoms with Gasteiger partial charge in [0.2, 0.25) is 0 Å². The average molecular weight is 201 g/mol. The molecule has 80 valence electrons. The van der Waals surface area contributed by atoms with Crippen molar-refractivity contribution in [2.45, 2.75) is 31.7 Å². The third kappa shape index (κ3) is 1.66. The van der Waals surface area contributed by atoms with Crippen molar-refractivity contribution in [1.29, 1.82) is 0 Å². The molecular weight excluding hydrogens is 186 g/mol. The van der Waals surface area contributed by atoms with Gasteiger partial charge in [-0.1, -0.05) is 0 Å². The van der Waals surface area contributed by atoms with Gasteiger partial charge in [0.05, 0.1) is 7.11 Å². The van der Waals surface area contributed by atoms with E-state index in [4.69, 9.17) is 5.11 Å². The van der Waals surface area contributed by atoms with E-state index in [0.29, 0.717) is 13.0 Å². The molecule has 14 heavy (non-hydrogen) atoms. The quantitative estimate of drug-likeness (QED) is 0.645. The first-order chi connectivity index (χ1) is 6.52. The van der Waals surface area contributed by atoms with Crippen LogP contribution in [0.25, 0.3) is 0 Å². The van der Waals surface area contributed by atoms with Crippen LogP contribution >= 0.6 is 0 Å². The lowest BCUT2D eigenvalue weighted by Crippen LogP contribution is -2.57. The summed E-state index contributed by atoms with van der Waals surface area (Å²) in [6.07, 6.45) is 1.14. The number of methoxy groups -OCH3 is 1. The van der Waals surface area contributed by atoms with Crippen molar-refractivity contribution >= 4 is 12.1 Å². The number of carbonyl (C=O) groups excluding carboxylic acids is 1. The number of rotatable bonds is 1. The van der Waals surface area contributed by atoms with E-state index in [-0.39, 0.29) is 0 Å². The number of hydrogen-bond donors (Lipinski definition) is 1. The van der Waals surface area contributed by atoms with Crippen LogP contribution in [0.15, 0.2) is 0 Å². The second kappa shape index (κ2) is 3.86. The van der Waals surface area contributed by atoms with Gasteiger partial charge in [-0.2, -0.15) is 0 Å². The number of amides is 1. The number of piperidine rings is 1. The van der Waals surface area contributed by atoms with Crippen molar-refractivity contribution < 1.29 is 19.4 Å².